The molecular formula is C25H16O8. The van der Waals surface area contributed by atoms with Crippen molar-refractivity contribution in [1.82, 2.24) is 0 Å². The predicted molar refractivity (Wildman–Crippen MR) is 117 cm³/mol. The van der Waals surface area contributed by atoms with Gasteiger partial charge in [0.15, 0.2) is 16.9 Å². The van der Waals surface area contributed by atoms with Gasteiger partial charge in [0.25, 0.3) is 0 Å². The van der Waals surface area contributed by atoms with E-state index in [0.717, 1.165) is 0 Å². The van der Waals surface area contributed by atoms with Crippen LogP contribution in [0.15, 0.2) is 69.9 Å². The van der Waals surface area contributed by atoms with E-state index < -0.39 is 34.8 Å². The van der Waals surface area contributed by atoms with E-state index in [1.54, 1.807) is 36.4 Å². The quantitative estimate of drug-likeness (QED) is 0.245. The molecule has 1 atom stereocenters. The van der Waals surface area contributed by atoms with Gasteiger partial charge in [-0.2, -0.15) is 0 Å². The molecule has 3 aromatic carbocycles. The highest BCUT2D eigenvalue weighted by molar-refractivity contribution is 5.96. The van der Waals surface area contributed by atoms with Crippen LogP contribution in [0.5, 0.6) is 17.2 Å². The highest BCUT2D eigenvalue weighted by atomic mass is 16.5. The van der Waals surface area contributed by atoms with Crippen molar-refractivity contribution in [2.75, 3.05) is 0 Å². The van der Waals surface area contributed by atoms with Crippen LogP contribution in [0.2, 0.25) is 0 Å². The Morgan fingerprint density at radius 2 is 1.64 bits per heavy atom. The summed E-state index contributed by atoms with van der Waals surface area (Å²) in [6.45, 7) is 0. The summed E-state index contributed by atoms with van der Waals surface area (Å²) in [4.78, 5) is 36.5. The molecule has 0 radical (unpaired) electrons. The lowest BCUT2D eigenvalue weighted by Gasteiger charge is -2.26. The number of carbonyl (C=O) groups excluding carboxylic acids is 1. The molecule has 4 aromatic rings. The Morgan fingerprint density at radius 1 is 0.939 bits per heavy atom. The molecule has 0 saturated carbocycles. The highest BCUT2D eigenvalue weighted by Crippen LogP contribution is 2.52. The van der Waals surface area contributed by atoms with Gasteiger partial charge in [0.2, 0.25) is 5.75 Å². The van der Waals surface area contributed by atoms with Crippen LogP contribution in [0.25, 0.3) is 22.3 Å². The van der Waals surface area contributed by atoms with Crippen LogP contribution in [0.4, 0.5) is 0 Å². The number of aromatic hydroxyl groups is 2. The number of carboxylic acids is 1. The van der Waals surface area contributed by atoms with Crippen LogP contribution in [-0.2, 0) is 4.79 Å². The molecule has 0 fully saturated rings. The van der Waals surface area contributed by atoms with Crippen LogP contribution in [0.1, 0.15) is 33.8 Å². The number of benzene rings is 3. The van der Waals surface area contributed by atoms with Gasteiger partial charge in [0.1, 0.15) is 16.7 Å². The maximum atomic E-state index is 13.0. The molecule has 1 aliphatic heterocycles. The lowest BCUT2D eigenvalue weighted by Crippen LogP contribution is -2.22. The molecule has 8 heteroatoms. The Hall–Kier alpha value is -4.59. The maximum Gasteiger partial charge on any atom is 0.335 e. The number of esters is 1. The first-order valence-corrected chi connectivity index (χ1v) is 10.00. The van der Waals surface area contributed by atoms with Gasteiger partial charge in [0, 0.05) is 17.5 Å². The molecule has 0 amide bonds. The van der Waals surface area contributed by atoms with Crippen molar-refractivity contribution in [2.24, 2.45) is 0 Å². The summed E-state index contributed by atoms with van der Waals surface area (Å²) in [6, 6.07) is 16.0. The maximum absolute atomic E-state index is 13.0. The fourth-order valence-electron chi connectivity index (χ4n) is 4.10. The van der Waals surface area contributed by atoms with E-state index in [-0.39, 0.29) is 40.0 Å². The number of hydrogen-bond donors (Lipinski definition) is 3. The zero-order chi connectivity index (χ0) is 23.3. The van der Waals surface area contributed by atoms with Gasteiger partial charge < -0.3 is 24.5 Å². The molecule has 1 aliphatic rings. The molecule has 5 rings (SSSR count). The smallest absolute Gasteiger partial charge is 0.335 e. The molecule has 0 aliphatic carbocycles. The average Bonchev–Trinajstić information content (AvgIpc) is 2.82. The van der Waals surface area contributed by atoms with Gasteiger partial charge in [-0.15, -0.1) is 0 Å². The first-order valence-electron chi connectivity index (χ1n) is 10.00. The summed E-state index contributed by atoms with van der Waals surface area (Å²) in [7, 11) is 0. The Bertz CT molecular complexity index is 1480. The second-order valence-corrected chi connectivity index (χ2v) is 7.64. The third-order valence-electron chi connectivity index (χ3n) is 5.67. The van der Waals surface area contributed by atoms with Crippen LogP contribution in [0.3, 0.4) is 0 Å². The third kappa shape index (κ3) is 3.28. The number of carbonyl (C=O) groups is 2. The Morgan fingerprint density at radius 3 is 2.30 bits per heavy atom. The van der Waals surface area contributed by atoms with Crippen molar-refractivity contribution in [3.8, 4) is 28.6 Å². The number of phenolic OH excluding ortho intramolecular Hbond substituents is 2. The van der Waals surface area contributed by atoms with E-state index >= 15 is 0 Å². The zero-order valence-electron chi connectivity index (χ0n) is 16.9. The second-order valence-electron chi connectivity index (χ2n) is 7.64. The molecule has 2 heterocycles. The lowest BCUT2D eigenvalue weighted by molar-refractivity contribution is -0.135. The van der Waals surface area contributed by atoms with Gasteiger partial charge in [0.05, 0.1) is 17.5 Å². The van der Waals surface area contributed by atoms with Crippen LogP contribution < -0.4 is 10.2 Å². The normalized spacial score (nSPS) is 15.2. The average molecular weight is 444 g/mol. The molecule has 164 valence electrons. The first kappa shape index (κ1) is 20.3. The molecular weight excluding hydrogens is 428 g/mol. The number of fused-ring (bicyclic) bond motifs is 3. The number of ether oxygens (including phenoxy) is 1. The predicted octanol–water partition coefficient (Wildman–Crippen LogP) is 4.01. The summed E-state index contributed by atoms with van der Waals surface area (Å²) in [6.07, 6.45) is -0.141. The van der Waals surface area contributed by atoms with Crippen LogP contribution in [-0.4, -0.2) is 27.3 Å². The number of hydrogen-bond acceptors (Lipinski definition) is 7. The van der Waals surface area contributed by atoms with Crippen LogP contribution in [0, 0.1) is 0 Å². The number of carboxylic acid groups (broad SMARTS) is 1. The first-order chi connectivity index (χ1) is 15.8. The Balaban J connectivity index is 1.82. The highest BCUT2D eigenvalue weighted by Gasteiger charge is 2.36. The van der Waals surface area contributed by atoms with E-state index in [2.05, 4.69) is 0 Å². The fraction of sp³-hybridized carbons (Fsp3) is 0.0800. The molecule has 0 unspecified atom stereocenters. The number of rotatable bonds is 3. The van der Waals surface area contributed by atoms with E-state index in [9.17, 15) is 29.7 Å². The van der Waals surface area contributed by atoms with Crippen LogP contribution >= 0.6 is 0 Å². The summed E-state index contributed by atoms with van der Waals surface area (Å²) in [5, 5.41) is 30.0. The standard InChI is InChI=1S/C25H16O8/c26-16-11-17(13-4-2-1-3-5-13)32-23-19-15(12-6-8-14(9-7-12)25(30)31)10-18(27)33-24(19)22(29)21(28)20(16)23/h1-9,11,15,28-29H,10H2,(H,30,31)/t15-/m1/s1. The molecule has 8 nitrogen and oxygen atoms in total. The molecule has 0 bridgehead atoms. The minimum atomic E-state index is -1.10. The summed E-state index contributed by atoms with van der Waals surface area (Å²) in [5.41, 5.74) is 0.852. The summed E-state index contributed by atoms with van der Waals surface area (Å²) >= 11 is 0. The third-order valence-corrected chi connectivity index (χ3v) is 5.67. The Kier molecular flexibility index (Phi) is 4.63. The van der Waals surface area contributed by atoms with Gasteiger partial charge in [-0.05, 0) is 17.7 Å². The minimum Gasteiger partial charge on any atom is -0.504 e. The van der Waals surface area contributed by atoms with Crippen molar-refractivity contribution in [1.29, 1.82) is 0 Å². The van der Waals surface area contributed by atoms with Crippen molar-refractivity contribution in [3.63, 3.8) is 0 Å². The lowest BCUT2D eigenvalue weighted by atomic mass is 9.84. The number of phenols is 2. The van der Waals surface area contributed by atoms with E-state index in [0.29, 0.717) is 11.1 Å². The second kappa shape index (κ2) is 7.52. The van der Waals surface area contributed by atoms with E-state index in [4.69, 9.17) is 9.15 Å². The van der Waals surface area contributed by atoms with E-state index in [1.165, 1.54) is 18.2 Å². The monoisotopic (exact) mass is 444 g/mol. The summed E-state index contributed by atoms with van der Waals surface area (Å²) < 4.78 is 11.3. The van der Waals surface area contributed by atoms with Crippen molar-refractivity contribution >= 4 is 22.9 Å². The van der Waals surface area contributed by atoms with Gasteiger partial charge >= 0.3 is 11.9 Å². The Labute approximate surface area is 185 Å². The molecule has 3 N–H and O–H groups in total. The SMILES string of the molecule is O=C1C[C@H](c2ccc(C(=O)O)cc2)c2c(c(O)c(O)c3c(=O)cc(-c4ccccc4)oc23)O1. The van der Waals surface area contributed by atoms with Gasteiger partial charge in [-0.25, -0.2) is 4.79 Å². The zero-order valence-corrected chi connectivity index (χ0v) is 16.9. The molecule has 33 heavy (non-hydrogen) atoms. The molecule has 0 saturated heterocycles. The van der Waals surface area contributed by atoms with Gasteiger partial charge in [-0.3, -0.25) is 9.59 Å². The van der Waals surface area contributed by atoms with E-state index in [1.807, 2.05) is 6.07 Å². The van der Waals surface area contributed by atoms with Crippen molar-refractivity contribution in [3.05, 3.63) is 87.6 Å². The molecule has 0 spiro atoms. The van der Waals surface area contributed by atoms with Crippen molar-refractivity contribution in [2.45, 2.75) is 12.3 Å². The largest absolute Gasteiger partial charge is 0.504 e. The minimum absolute atomic E-state index is 0.0218. The fourth-order valence-corrected chi connectivity index (χ4v) is 4.10. The van der Waals surface area contributed by atoms with Gasteiger partial charge in [-0.1, -0.05) is 42.5 Å². The van der Waals surface area contributed by atoms with Crippen molar-refractivity contribution < 1.29 is 34.1 Å². The summed E-state index contributed by atoms with van der Waals surface area (Å²) in [5.74, 6) is -4.02. The topological polar surface area (TPSA) is 134 Å². The number of aromatic carboxylic acids is 1. The molecule has 1 aromatic heterocycles.